The Bertz CT molecular complexity index is 195. The number of nitrogens with one attached hydrogen (secondary N) is 1. The van der Waals surface area contributed by atoms with Crippen LogP contribution in [0.5, 0.6) is 0 Å². The van der Waals surface area contributed by atoms with Crippen LogP contribution < -0.4 is 11.1 Å². The molecule has 0 aliphatic carbocycles. The molecule has 0 aromatic carbocycles. The molecular formula is C12H27N3O. The number of carbonyl (C=O) groups is 1. The standard InChI is InChI=1S/C12H27N3O/c1-5-14-12(16)7-11(8-13)15(6-2)9-10(3)4/h10-11H,5-9,13H2,1-4H3,(H,14,16). The molecule has 0 saturated carbocycles. The van der Waals surface area contributed by atoms with Crippen molar-refractivity contribution in [3.05, 3.63) is 0 Å². The minimum Gasteiger partial charge on any atom is -0.356 e. The maximum absolute atomic E-state index is 11.5. The highest BCUT2D eigenvalue weighted by atomic mass is 16.1. The monoisotopic (exact) mass is 229 g/mol. The van der Waals surface area contributed by atoms with E-state index in [0.29, 0.717) is 25.4 Å². The number of carbonyl (C=O) groups excluding carboxylic acids is 1. The minimum atomic E-state index is 0.0974. The van der Waals surface area contributed by atoms with Crippen LogP contribution in [0.1, 0.15) is 34.1 Å². The zero-order valence-corrected chi connectivity index (χ0v) is 11.1. The maximum Gasteiger partial charge on any atom is 0.221 e. The zero-order valence-electron chi connectivity index (χ0n) is 11.1. The average molecular weight is 229 g/mol. The van der Waals surface area contributed by atoms with Crippen molar-refractivity contribution in [3.63, 3.8) is 0 Å². The Kier molecular flexibility index (Phi) is 8.21. The Balaban J connectivity index is 4.26. The Labute approximate surface area is 99.6 Å². The molecule has 16 heavy (non-hydrogen) atoms. The maximum atomic E-state index is 11.5. The minimum absolute atomic E-state index is 0.0974. The topological polar surface area (TPSA) is 58.4 Å². The van der Waals surface area contributed by atoms with Gasteiger partial charge in [0.15, 0.2) is 0 Å². The van der Waals surface area contributed by atoms with Gasteiger partial charge in [0.25, 0.3) is 0 Å². The second kappa shape index (κ2) is 8.53. The van der Waals surface area contributed by atoms with E-state index < -0.39 is 0 Å². The number of hydrogen-bond acceptors (Lipinski definition) is 3. The number of likely N-dealkylation sites (N-methyl/N-ethyl adjacent to an activating group) is 1. The summed E-state index contributed by atoms with van der Waals surface area (Å²) in [6.07, 6.45) is 0.505. The second-order valence-corrected chi connectivity index (χ2v) is 4.53. The molecule has 0 aliphatic rings. The summed E-state index contributed by atoms with van der Waals surface area (Å²) in [5, 5.41) is 2.82. The molecule has 0 fully saturated rings. The number of amides is 1. The van der Waals surface area contributed by atoms with E-state index in [2.05, 4.69) is 31.0 Å². The zero-order chi connectivity index (χ0) is 12.6. The van der Waals surface area contributed by atoms with Crippen LogP contribution >= 0.6 is 0 Å². The molecule has 1 atom stereocenters. The normalized spacial score (nSPS) is 13.2. The van der Waals surface area contributed by atoms with Crippen LogP contribution in [0.15, 0.2) is 0 Å². The van der Waals surface area contributed by atoms with Crippen LogP contribution in [0.4, 0.5) is 0 Å². The molecule has 1 unspecified atom stereocenters. The average Bonchev–Trinajstić information content (AvgIpc) is 2.23. The van der Waals surface area contributed by atoms with E-state index in [1.807, 2.05) is 6.92 Å². The van der Waals surface area contributed by atoms with Crippen molar-refractivity contribution >= 4 is 5.91 Å². The summed E-state index contributed by atoms with van der Waals surface area (Å²) in [6, 6.07) is 0.166. The number of nitrogens with zero attached hydrogens (tertiary/aromatic N) is 1. The van der Waals surface area contributed by atoms with E-state index in [9.17, 15) is 4.79 Å². The third-order valence-corrected chi connectivity index (χ3v) is 2.59. The van der Waals surface area contributed by atoms with E-state index >= 15 is 0 Å². The van der Waals surface area contributed by atoms with Gasteiger partial charge in [-0.15, -0.1) is 0 Å². The molecule has 4 heteroatoms. The Hall–Kier alpha value is -0.610. The van der Waals surface area contributed by atoms with Gasteiger partial charge in [-0.2, -0.15) is 0 Å². The lowest BCUT2D eigenvalue weighted by molar-refractivity contribution is -0.122. The first-order chi connectivity index (χ1) is 7.54. The van der Waals surface area contributed by atoms with Crippen molar-refractivity contribution in [3.8, 4) is 0 Å². The number of hydrogen-bond donors (Lipinski definition) is 2. The summed E-state index contributed by atoms with van der Waals surface area (Å²) < 4.78 is 0. The predicted molar refractivity (Wildman–Crippen MR) is 68.2 cm³/mol. The van der Waals surface area contributed by atoms with Crippen molar-refractivity contribution in [2.24, 2.45) is 11.7 Å². The molecule has 0 saturated heterocycles. The molecule has 0 aromatic heterocycles. The number of rotatable bonds is 8. The molecule has 0 heterocycles. The van der Waals surface area contributed by atoms with Gasteiger partial charge in [0.2, 0.25) is 5.91 Å². The van der Waals surface area contributed by atoms with Crippen LogP contribution in [-0.4, -0.2) is 43.0 Å². The van der Waals surface area contributed by atoms with Gasteiger partial charge in [-0.3, -0.25) is 9.69 Å². The lowest BCUT2D eigenvalue weighted by Crippen LogP contribution is -2.45. The largest absolute Gasteiger partial charge is 0.356 e. The SMILES string of the molecule is CCNC(=O)CC(CN)N(CC)CC(C)C. The van der Waals surface area contributed by atoms with E-state index in [0.717, 1.165) is 13.1 Å². The van der Waals surface area contributed by atoms with Crippen LogP contribution in [-0.2, 0) is 4.79 Å². The molecule has 96 valence electrons. The second-order valence-electron chi connectivity index (χ2n) is 4.53. The molecule has 1 amide bonds. The highest BCUT2D eigenvalue weighted by Gasteiger charge is 2.19. The van der Waals surface area contributed by atoms with E-state index in [1.165, 1.54) is 0 Å². The summed E-state index contributed by atoms with van der Waals surface area (Å²) in [6.45, 7) is 11.6. The van der Waals surface area contributed by atoms with Gasteiger partial charge in [-0.1, -0.05) is 20.8 Å². The molecular weight excluding hydrogens is 202 g/mol. The van der Waals surface area contributed by atoms with Gasteiger partial charge in [-0.25, -0.2) is 0 Å². The van der Waals surface area contributed by atoms with Gasteiger partial charge in [0.05, 0.1) is 0 Å². The smallest absolute Gasteiger partial charge is 0.221 e. The molecule has 0 aromatic rings. The van der Waals surface area contributed by atoms with Gasteiger partial charge >= 0.3 is 0 Å². The summed E-state index contributed by atoms with van der Waals surface area (Å²) in [4.78, 5) is 13.8. The van der Waals surface area contributed by atoms with Gasteiger partial charge in [0.1, 0.15) is 0 Å². The van der Waals surface area contributed by atoms with Gasteiger partial charge in [-0.05, 0) is 19.4 Å². The van der Waals surface area contributed by atoms with Crippen molar-refractivity contribution in [2.45, 2.75) is 40.2 Å². The molecule has 4 nitrogen and oxygen atoms in total. The van der Waals surface area contributed by atoms with Crippen molar-refractivity contribution in [1.82, 2.24) is 10.2 Å². The van der Waals surface area contributed by atoms with E-state index in [-0.39, 0.29) is 11.9 Å². The number of nitrogens with two attached hydrogens (primary N) is 1. The van der Waals surface area contributed by atoms with Crippen molar-refractivity contribution in [1.29, 1.82) is 0 Å². The third-order valence-electron chi connectivity index (χ3n) is 2.59. The fraction of sp³-hybridized carbons (Fsp3) is 0.917. The summed E-state index contributed by atoms with van der Waals surface area (Å²) in [5.41, 5.74) is 5.75. The van der Waals surface area contributed by atoms with Crippen LogP contribution in [0, 0.1) is 5.92 Å². The highest BCUT2D eigenvalue weighted by molar-refractivity contribution is 5.76. The fourth-order valence-electron chi connectivity index (χ4n) is 1.85. The summed E-state index contributed by atoms with van der Waals surface area (Å²) >= 11 is 0. The van der Waals surface area contributed by atoms with Crippen LogP contribution in [0.2, 0.25) is 0 Å². The lowest BCUT2D eigenvalue weighted by atomic mass is 10.1. The highest BCUT2D eigenvalue weighted by Crippen LogP contribution is 2.07. The molecule has 0 radical (unpaired) electrons. The molecule has 0 rings (SSSR count). The first-order valence-electron chi connectivity index (χ1n) is 6.25. The quantitative estimate of drug-likeness (QED) is 0.648. The molecule has 3 N–H and O–H groups in total. The van der Waals surface area contributed by atoms with Crippen molar-refractivity contribution < 1.29 is 4.79 Å². The Morgan fingerprint density at radius 3 is 2.38 bits per heavy atom. The molecule has 0 bridgehead atoms. The Morgan fingerprint density at radius 2 is 2.00 bits per heavy atom. The van der Waals surface area contributed by atoms with Gasteiger partial charge in [0, 0.05) is 32.1 Å². The van der Waals surface area contributed by atoms with Crippen LogP contribution in [0.3, 0.4) is 0 Å². The van der Waals surface area contributed by atoms with Crippen LogP contribution in [0.25, 0.3) is 0 Å². The van der Waals surface area contributed by atoms with Gasteiger partial charge < -0.3 is 11.1 Å². The summed E-state index contributed by atoms with van der Waals surface area (Å²) in [5.74, 6) is 0.698. The first-order valence-corrected chi connectivity index (χ1v) is 6.25. The fourth-order valence-corrected chi connectivity index (χ4v) is 1.85. The van der Waals surface area contributed by atoms with E-state index in [4.69, 9.17) is 5.73 Å². The Morgan fingerprint density at radius 1 is 1.38 bits per heavy atom. The predicted octanol–water partition coefficient (Wildman–Crippen LogP) is 0.818. The lowest BCUT2D eigenvalue weighted by Gasteiger charge is -2.30. The third kappa shape index (κ3) is 6.08. The van der Waals surface area contributed by atoms with E-state index in [1.54, 1.807) is 0 Å². The molecule has 0 spiro atoms. The molecule has 0 aliphatic heterocycles. The first kappa shape index (κ1) is 15.4. The summed E-state index contributed by atoms with van der Waals surface area (Å²) in [7, 11) is 0. The van der Waals surface area contributed by atoms with Crippen molar-refractivity contribution in [2.75, 3.05) is 26.2 Å².